The lowest BCUT2D eigenvalue weighted by atomic mass is 10.1. The highest BCUT2D eigenvalue weighted by Gasteiger charge is 2.37. The maximum atomic E-state index is 4.48. The van der Waals surface area contributed by atoms with Crippen LogP contribution in [-0.4, -0.2) is 38.6 Å². The lowest BCUT2D eigenvalue weighted by Gasteiger charge is -2.24. The van der Waals surface area contributed by atoms with E-state index in [9.17, 15) is 0 Å². The van der Waals surface area contributed by atoms with Gasteiger partial charge in [-0.25, -0.2) is 4.98 Å². The lowest BCUT2D eigenvalue weighted by molar-refractivity contribution is 0.223. The van der Waals surface area contributed by atoms with Gasteiger partial charge in [0.1, 0.15) is 5.69 Å². The Bertz CT molecular complexity index is 588. The minimum absolute atomic E-state index is 0.865. The maximum absolute atomic E-state index is 4.48. The van der Waals surface area contributed by atoms with E-state index in [0.29, 0.717) is 0 Å². The summed E-state index contributed by atoms with van der Waals surface area (Å²) in [5.41, 5.74) is 1.92. The zero-order valence-corrected chi connectivity index (χ0v) is 12.4. The topological polar surface area (TPSA) is 34.0 Å². The molecule has 110 valence electrons. The van der Waals surface area contributed by atoms with E-state index in [4.69, 9.17) is 0 Å². The molecule has 4 rings (SSSR count). The van der Waals surface area contributed by atoms with Gasteiger partial charge in [-0.05, 0) is 50.3 Å². The Morgan fingerprint density at radius 3 is 2.81 bits per heavy atom. The molecular formula is C17H22N4. The van der Waals surface area contributed by atoms with Crippen molar-refractivity contribution >= 4 is 0 Å². The van der Waals surface area contributed by atoms with Crippen molar-refractivity contribution in [1.82, 2.24) is 19.4 Å². The molecule has 0 spiro atoms. The van der Waals surface area contributed by atoms with Crippen molar-refractivity contribution in [2.45, 2.75) is 38.3 Å². The smallest absolute Gasteiger partial charge is 0.107 e. The molecular weight excluding hydrogens is 260 g/mol. The van der Waals surface area contributed by atoms with E-state index in [0.717, 1.165) is 36.4 Å². The fraction of sp³-hybridized carbons (Fsp3) is 0.529. The molecule has 0 radical (unpaired) electrons. The second kappa shape index (κ2) is 5.60. The molecule has 0 aromatic carbocycles. The van der Waals surface area contributed by atoms with Crippen molar-refractivity contribution in [1.29, 1.82) is 0 Å². The molecule has 4 heteroatoms. The average molecular weight is 282 g/mol. The number of hydrogen-bond acceptors (Lipinski definition) is 3. The van der Waals surface area contributed by atoms with Crippen molar-refractivity contribution < 1.29 is 0 Å². The monoisotopic (exact) mass is 282 g/mol. The van der Waals surface area contributed by atoms with Crippen molar-refractivity contribution in [3.8, 4) is 11.4 Å². The van der Waals surface area contributed by atoms with Gasteiger partial charge in [0.15, 0.2) is 0 Å². The quantitative estimate of drug-likeness (QED) is 0.845. The van der Waals surface area contributed by atoms with Crippen LogP contribution in [0.5, 0.6) is 0 Å². The van der Waals surface area contributed by atoms with Crippen LogP contribution in [-0.2, 0) is 6.54 Å². The van der Waals surface area contributed by atoms with E-state index in [-0.39, 0.29) is 0 Å². The Kier molecular flexibility index (Phi) is 3.47. The first kappa shape index (κ1) is 13.0. The van der Waals surface area contributed by atoms with Gasteiger partial charge in [0, 0.05) is 31.5 Å². The Morgan fingerprint density at radius 2 is 2.00 bits per heavy atom. The molecule has 21 heavy (non-hydrogen) atoms. The molecule has 1 aliphatic carbocycles. The van der Waals surface area contributed by atoms with E-state index in [1.807, 2.05) is 30.7 Å². The minimum atomic E-state index is 0.865. The van der Waals surface area contributed by atoms with Crippen LogP contribution in [0.3, 0.4) is 0 Å². The van der Waals surface area contributed by atoms with Crippen LogP contribution < -0.4 is 0 Å². The van der Waals surface area contributed by atoms with E-state index in [1.54, 1.807) is 0 Å². The van der Waals surface area contributed by atoms with Crippen molar-refractivity contribution in [3.05, 3.63) is 36.9 Å². The molecule has 1 saturated carbocycles. The van der Waals surface area contributed by atoms with Gasteiger partial charge in [0.25, 0.3) is 0 Å². The van der Waals surface area contributed by atoms with Gasteiger partial charge in [-0.15, -0.1) is 0 Å². The van der Waals surface area contributed by atoms with Crippen LogP contribution >= 0.6 is 0 Å². The van der Waals surface area contributed by atoms with Crippen molar-refractivity contribution in [3.63, 3.8) is 0 Å². The Hall–Kier alpha value is -1.68. The summed E-state index contributed by atoms with van der Waals surface area (Å²) < 4.78 is 2.20. The molecule has 2 fully saturated rings. The van der Waals surface area contributed by atoms with Gasteiger partial charge in [-0.1, -0.05) is 6.07 Å². The molecule has 0 amide bonds. The Labute approximate surface area is 125 Å². The van der Waals surface area contributed by atoms with Gasteiger partial charge in [-0.3, -0.25) is 9.88 Å². The van der Waals surface area contributed by atoms with Crippen LogP contribution in [0, 0.1) is 5.92 Å². The minimum Gasteiger partial charge on any atom is -0.335 e. The average Bonchev–Trinajstić information content (AvgIpc) is 3.09. The molecule has 1 atom stereocenters. The highest BCUT2D eigenvalue weighted by molar-refractivity contribution is 5.52. The number of rotatable bonds is 5. The molecule has 2 aromatic rings. The number of pyridine rings is 1. The SMILES string of the molecule is c1ccc(-c2cn(CCN3CCC[C@@H]3C3CC3)cn2)nc1. The number of nitrogens with zero attached hydrogens (tertiary/aromatic N) is 4. The molecule has 0 unspecified atom stereocenters. The number of likely N-dealkylation sites (tertiary alicyclic amines) is 1. The molecule has 4 nitrogen and oxygen atoms in total. The summed E-state index contributed by atoms with van der Waals surface area (Å²) in [6.07, 6.45) is 11.6. The number of imidazole rings is 1. The normalized spacial score (nSPS) is 22.8. The maximum Gasteiger partial charge on any atom is 0.107 e. The van der Waals surface area contributed by atoms with Crippen LogP contribution in [0.1, 0.15) is 25.7 Å². The fourth-order valence-corrected chi connectivity index (χ4v) is 3.52. The van der Waals surface area contributed by atoms with Crippen LogP contribution in [0.15, 0.2) is 36.9 Å². The number of hydrogen-bond donors (Lipinski definition) is 0. The van der Waals surface area contributed by atoms with E-state index < -0.39 is 0 Å². The summed E-state index contributed by atoms with van der Waals surface area (Å²) in [5, 5.41) is 0. The summed E-state index contributed by atoms with van der Waals surface area (Å²) in [6.45, 7) is 3.46. The summed E-state index contributed by atoms with van der Waals surface area (Å²) in [6, 6.07) is 6.82. The highest BCUT2D eigenvalue weighted by Crippen LogP contribution is 2.39. The second-order valence-corrected chi connectivity index (χ2v) is 6.29. The molecule has 3 heterocycles. The van der Waals surface area contributed by atoms with Gasteiger partial charge in [-0.2, -0.15) is 0 Å². The Balaban J connectivity index is 1.38. The van der Waals surface area contributed by atoms with Gasteiger partial charge < -0.3 is 4.57 Å². The second-order valence-electron chi connectivity index (χ2n) is 6.29. The third-order valence-electron chi connectivity index (χ3n) is 4.79. The first-order chi connectivity index (χ1) is 10.4. The van der Waals surface area contributed by atoms with Crippen LogP contribution in [0.25, 0.3) is 11.4 Å². The Morgan fingerprint density at radius 1 is 1.05 bits per heavy atom. The van der Waals surface area contributed by atoms with Gasteiger partial charge >= 0.3 is 0 Å². The largest absolute Gasteiger partial charge is 0.335 e. The standard InChI is InChI=1S/C17H22N4/c1-2-8-18-15(4-1)16-12-20(13-19-16)10-11-21-9-3-5-17(21)14-6-7-14/h1-2,4,8,12-14,17H,3,5-7,9-11H2/t17-/m1/s1. The molecule has 0 N–H and O–H groups in total. The zero-order valence-electron chi connectivity index (χ0n) is 12.4. The van der Waals surface area contributed by atoms with E-state index in [1.165, 1.54) is 32.2 Å². The molecule has 0 bridgehead atoms. The summed E-state index contributed by atoms with van der Waals surface area (Å²) >= 11 is 0. The molecule has 1 aliphatic heterocycles. The molecule has 2 aromatic heterocycles. The fourth-order valence-electron chi connectivity index (χ4n) is 3.52. The summed E-state index contributed by atoms with van der Waals surface area (Å²) in [4.78, 5) is 11.5. The van der Waals surface area contributed by atoms with Crippen LogP contribution in [0.4, 0.5) is 0 Å². The predicted molar refractivity (Wildman–Crippen MR) is 82.8 cm³/mol. The van der Waals surface area contributed by atoms with Gasteiger partial charge in [0.05, 0.1) is 12.0 Å². The first-order valence-corrected chi connectivity index (χ1v) is 8.07. The van der Waals surface area contributed by atoms with Crippen molar-refractivity contribution in [2.24, 2.45) is 5.92 Å². The lowest BCUT2D eigenvalue weighted by Crippen LogP contribution is -2.33. The number of aromatic nitrogens is 3. The van der Waals surface area contributed by atoms with Crippen LogP contribution in [0.2, 0.25) is 0 Å². The molecule has 2 aliphatic rings. The third kappa shape index (κ3) is 2.86. The first-order valence-electron chi connectivity index (χ1n) is 8.07. The molecule has 1 saturated heterocycles. The third-order valence-corrected chi connectivity index (χ3v) is 4.79. The van der Waals surface area contributed by atoms with Gasteiger partial charge in [0.2, 0.25) is 0 Å². The highest BCUT2D eigenvalue weighted by atomic mass is 15.2. The zero-order chi connectivity index (χ0) is 14.1. The predicted octanol–water partition coefficient (Wildman–Crippen LogP) is 2.82. The summed E-state index contributed by atoms with van der Waals surface area (Å²) in [7, 11) is 0. The van der Waals surface area contributed by atoms with E-state index >= 15 is 0 Å². The van der Waals surface area contributed by atoms with E-state index in [2.05, 4.69) is 25.6 Å². The van der Waals surface area contributed by atoms with Crippen molar-refractivity contribution in [2.75, 3.05) is 13.1 Å². The summed E-state index contributed by atoms with van der Waals surface area (Å²) in [5.74, 6) is 0.999.